The zero-order valence-corrected chi connectivity index (χ0v) is 13.6. The fraction of sp³-hybridized carbons (Fsp3) is 0.875. The van der Waals surface area contributed by atoms with Gasteiger partial charge in [-0.25, -0.2) is 4.79 Å². The first-order chi connectivity index (χ1) is 9.85. The summed E-state index contributed by atoms with van der Waals surface area (Å²) in [5.41, 5.74) is -0.989. The molecule has 0 aromatic rings. The van der Waals surface area contributed by atoms with Gasteiger partial charge in [0.25, 0.3) is 0 Å². The van der Waals surface area contributed by atoms with Crippen molar-refractivity contribution in [3.63, 3.8) is 0 Å². The van der Waals surface area contributed by atoms with Crippen molar-refractivity contribution < 1.29 is 14.7 Å². The Labute approximate surface area is 127 Å². The van der Waals surface area contributed by atoms with Gasteiger partial charge in [-0.2, -0.15) is 0 Å². The van der Waals surface area contributed by atoms with Crippen LogP contribution in [-0.4, -0.2) is 57.0 Å². The van der Waals surface area contributed by atoms with E-state index >= 15 is 0 Å². The van der Waals surface area contributed by atoms with Crippen LogP contribution >= 0.6 is 0 Å². The lowest BCUT2D eigenvalue weighted by Gasteiger charge is -2.39. The van der Waals surface area contributed by atoms with Gasteiger partial charge in [0, 0.05) is 18.6 Å². The molecule has 1 N–H and O–H groups in total. The smallest absolute Gasteiger partial charge is 0.329 e. The fourth-order valence-corrected chi connectivity index (χ4v) is 4.27. The van der Waals surface area contributed by atoms with Crippen LogP contribution < -0.4 is 0 Å². The van der Waals surface area contributed by atoms with Crippen molar-refractivity contribution in [2.75, 3.05) is 6.54 Å². The normalized spacial score (nSPS) is 35.1. The Kier molecular flexibility index (Phi) is 4.61. The maximum atomic E-state index is 12.9. The highest BCUT2D eigenvalue weighted by molar-refractivity contribution is 5.90. The van der Waals surface area contributed by atoms with Crippen LogP contribution in [0.1, 0.15) is 59.8 Å². The number of carbonyl (C=O) groups is 2. The van der Waals surface area contributed by atoms with Gasteiger partial charge in [-0.05, 0) is 52.9 Å². The summed E-state index contributed by atoms with van der Waals surface area (Å²) < 4.78 is 0. The van der Waals surface area contributed by atoms with Gasteiger partial charge in [-0.1, -0.05) is 6.92 Å². The minimum atomic E-state index is -0.989. The number of carboxylic acids is 1. The second kappa shape index (κ2) is 5.95. The fourth-order valence-electron chi connectivity index (χ4n) is 4.27. The molecule has 21 heavy (non-hydrogen) atoms. The Bertz CT molecular complexity index is 416. The zero-order chi connectivity index (χ0) is 15.8. The molecule has 4 atom stereocenters. The Hall–Kier alpha value is -1.10. The summed E-state index contributed by atoms with van der Waals surface area (Å²) in [5.74, 6) is -0.872. The average Bonchev–Trinajstić information content (AvgIpc) is 3.02. The molecular weight excluding hydrogens is 268 g/mol. The summed E-state index contributed by atoms with van der Waals surface area (Å²) in [4.78, 5) is 28.5. The van der Waals surface area contributed by atoms with Crippen molar-refractivity contribution in [1.82, 2.24) is 9.80 Å². The SMILES string of the molecule is CCC1(C(=O)O)CCCN1C(=O)C(C)N1C(C)CCC1C. The summed E-state index contributed by atoms with van der Waals surface area (Å²) in [7, 11) is 0. The first kappa shape index (κ1) is 16.3. The van der Waals surface area contributed by atoms with E-state index in [0.29, 0.717) is 31.5 Å². The summed E-state index contributed by atoms with van der Waals surface area (Å²) in [6.07, 6.45) is 4.05. The number of aliphatic carboxylic acids is 1. The quantitative estimate of drug-likeness (QED) is 0.863. The van der Waals surface area contributed by atoms with Crippen LogP contribution in [0.3, 0.4) is 0 Å². The second-order valence-corrected chi connectivity index (χ2v) is 6.68. The van der Waals surface area contributed by atoms with E-state index < -0.39 is 11.5 Å². The second-order valence-electron chi connectivity index (χ2n) is 6.68. The number of hydrogen-bond acceptors (Lipinski definition) is 3. The summed E-state index contributed by atoms with van der Waals surface area (Å²) >= 11 is 0. The highest BCUT2D eigenvalue weighted by Gasteiger charge is 2.50. The van der Waals surface area contributed by atoms with Crippen LogP contribution in [0.2, 0.25) is 0 Å². The summed E-state index contributed by atoms with van der Waals surface area (Å²) in [6, 6.07) is 0.547. The molecule has 0 spiro atoms. The number of likely N-dealkylation sites (tertiary alicyclic amines) is 2. The topological polar surface area (TPSA) is 60.9 Å². The molecule has 5 nitrogen and oxygen atoms in total. The molecule has 0 aromatic carbocycles. The van der Waals surface area contributed by atoms with Gasteiger partial charge in [0.05, 0.1) is 6.04 Å². The Morgan fingerprint density at radius 1 is 1.29 bits per heavy atom. The van der Waals surface area contributed by atoms with Gasteiger partial charge in [0.1, 0.15) is 5.54 Å². The standard InChI is InChI=1S/C16H28N2O3/c1-5-16(15(20)21)9-6-10-17(16)14(19)13(4)18-11(2)7-8-12(18)3/h11-13H,5-10H2,1-4H3,(H,20,21). The van der Waals surface area contributed by atoms with Gasteiger partial charge in [0.2, 0.25) is 5.91 Å². The molecule has 0 aromatic heterocycles. The molecule has 0 aliphatic carbocycles. The molecule has 2 aliphatic heterocycles. The van der Waals surface area contributed by atoms with Crippen LogP contribution in [0.15, 0.2) is 0 Å². The molecule has 0 saturated carbocycles. The van der Waals surface area contributed by atoms with Crippen LogP contribution in [0.4, 0.5) is 0 Å². The highest BCUT2D eigenvalue weighted by atomic mass is 16.4. The number of carboxylic acid groups (broad SMARTS) is 1. The van der Waals surface area contributed by atoms with E-state index in [2.05, 4.69) is 18.7 Å². The molecule has 0 radical (unpaired) electrons. The van der Waals surface area contributed by atoms with Crippen molar-refractivity contribution in [2.24, 2.45) is 0 Å². The monoisotopic (exact) mass is 296 g/mol. The minimum Gasteiger partial charge on any atom is -0.479 e. The third-order valence-electron chi connectivity index (χ3n) is 5.56. The first-order valence-corrected chi connectivity index (χ1v) is 8.17. The molecule has 2 aliphatic rings. The van der Waals surface area contributed by atoms with E-state index in [0.717, 1.165) is 19.3 Å². The lowest BCUT2D eigenvalue weighted by atomic mass is 9.92. The van der Waals surface area contributed by atoms with Crippen molar-refractivity contribution in [3.05, 3.63) is 0 Å². The predicted octanol–water partition coefficient (Wildman–Crippen LogP) is 2.10. The van der Waals surface area contributed by atoms with Crippen molar-refractivity contribution in [1.29, 1.82) is 0 Å². The minimum absolute atomic E-state index is 0.0163. The third-order valence-corrected chi connectivity index (χ3v) is 5.56. The van der Waals surface area contributed by atoms with Gasteiger partial charge in [0.15, 0.2) is 0 Å². The van der Waals surface area contributed by atoms with Crippen molar-refractivity contribution >= 4 is 11.9 Å². The molecule has 2 saturated heterocycles. The van der Waals surface area contributed by atoms with E-state index in [-0.39, 0.29) is 11.9 Å². The number of rotatable bonds is 4. The van der Waals surface area contributed by atoms with Gasteiger partial charge in [-0.15, -0.1) is 0 Å². The molecule has 2 rings (SSSR count). The summed E-state index contributed by atoms with van der Waals surface area (Å²) in [6.45, 7) is 8.68. The molecule has 4 unspecified atom stereocenters. The first-order valence-electron chi connectivity index (χ1n) is 8.17. The van der Waals surface area contributed by atoms with E-state index in [1.165, 1.54) is 0 Å². The van der Waals surface area contributed by atoms with Gasteiger partial charge in [-0.3, -0.25) is 9.69 Å². The van der Waals surface area contributed by atoms with E-state index in [1.54, 1.807) is 4.90 Å². The van der Waals surface area contributed by atoms with Gasteiger partial charge < -0.3 is 10.0 Å². The number of carbonyl (C=O) groups excluding carboxylic acids is 1. The predicted molar refractivity (Wildman–Crippen MR) is 81.1 cm³/mol. The van der Waals surface area contributed by atoms with E-state index in [1.807, 2.05) is 13.8 Å². The maximum absolute atomic E-state index is 12.9. The molecule has 0 bridgehead atoms. The zero-order valence-electron chi connectivity index (χ0n) is 13.6. The summed E-state index contributed by atoms with van der Waals surface area (Å²) in [5, 5.41) is 9.63. The maximum Gasteiger partial charge on any atom is 0.329 e. The lowest BCUT2D eigenvalue weighted by molar-refractivity contribution is -0.159. The van der Waals surface area contributed by atoms with Crippen LogP contribution in [0.25, 0.3) is 0 Å². The molecule has 1 amide bonds. The molecule has 2 heterocycles. The largest absolute Gasteiger partial charge is 0.479 e. The number of nitrogens with zero attached hydrogens (tertiary/aromatic N) is 2. The van der Waals surface area contributed by atoms with Crippen molar-refractivity contribution in [3.8, 4) is 0 Å². The Morgan fingerprint density at radius 3 is 2.33 bits per heavy atom. The Morgan fingerprint density at radius 2 is 1.86 bits per heavy atom. The van der Waals surface area contributed by atoms with Gasteiger partial charge >= 0.3 is 5.97 Å². The molecule has 2 fully saturated rings. The molecule has 120 valence electrons. The average molecular weight is 296 g/mol. The number of hydrogen-bond donors (Lipinski definition) is 1. The Balaban J connectivity index is 2.20. The van der Waals surface area contributed by atoms with E-state index in [4.69, 9.17) is 0 Å². The number of amides is 1. The van der Waals surface area contributed by atoms with Crippen LogP contribution in [0.5, 0.6) is 0 Å². The van der Waals surface area contributed by atoms with Crippen molar-refractivity contribution in [2.45, 2.75) is 83.5 Å². The molecular formula is C16H28N2O3. The van der Waals surface area contributed by atoms with Crippen LogP contribution in [0, 0.1) is 0 Å². The lowest BCUT2D eigenvalue weighted by Crippen LogP contribution is -2.58. The van der Waals surface area contributed by atoms with Crippen LogP contribution in [-0.2, 0) is 9.59 Å². The van der Waals surface area contributed by atoms with E-state index in [9.17, 15) is 14.7 Å². The molecule has 5 heteroatoms. The third kappa shape index (κ3) is 2.56. The highest BCUT2D eigenvalue weighted by Crippen LogP contribution is 2.35.